The van der Waals surface area contributed by atoms with Crippen molar-refractivity contribution in [3.63, 3.8) is 0 Å². The van der Waals surface area contributed by atoms with Crippen LogP contribution in [0.5, 0.6) is 11.5 Å². The maximum Gasteiger partial charge on any atom is 0.409 e. The van der Waals surface area contributed by atoms with Crippen LogP contribution in [0.3, 0.4) is 0 Å². The van der Waals surface area contributed by atoms with Gasteiger partial charge in [-0.05, 0) is 43.2 Å². The van der Waals surface area contributed by atoms with Gasteiger partial charge in [0.1, 0.15) is 0 Å². The molecule has 1 amide bonds. The van der Waals surface area contributed by atoms with Crippen LogP contribution in [0.4, 0.5) is 4.79 Å². The van der Waals surface area contributed by atoms with E-state index in [1.54, 1.807) is 14.2 Å². The fourth-order valence-corrected chi connectivity index (χ4v) is 3.93. The van der Waals surface area contributed by atoms with Crippen LogP contribution in [0.2, 0.25) is 0 Å². The minimum atomic E-state index is -0.210. The number of nitrogens with zero attached hydrogens (tertiary/aromatic N) is 1. The molecular weight excluding hydrogens is 282 g/mol. The van der Waals surface area contributed by atoms with Gasteiger partial charge in [0.15, 0.2) is 11.5 Å². The second-order valence-corrected chi connectivity index (χ2v) is 5.98. The smallest absolute Gasteiger partial charge is 0.409 e. The molecule has 1 aliphatic carbocycles. The molecule has 0 radical (unpaired) electrons. The van der Waals surface area contributed by atoms with E-state index in [4.69, 9.17) is 14.2 Å². The zero-order valence-electron chi connectivity index (χ0n) is 13.4. The minimum absolute atomic E-state index is 0.210. The summed E-state index contributed by atoms with van der Waals surface area (Å²) in [6.07, 6.45) is 3.73. The topological polar surface area (TPSA) is 48.0 Å². The Morgan fingerprint density at radius 1 is 1.18 bits per heavy atom. The number of methoxy groups -OCH3 is 3. The van der Waals surface area contributed by atoms with Crippen LogP contribution in [0.15, 0.2) is 12.1 Å². The maximum absolute atomic E-state index is 12.0. The highest BCUT2D eigenvalue weighted by molar-refractivity contribution is 5.68. The first kappa shape index (κ1) is 15.0. The van der Waals surface area contributed by atoms with Gasteiger partial charge in [-0.3, -0.25) is 0 Å². The fraction of sp³-hybridized carbons (Fsp3) is 0.588. The summed E-state index contributed by atoms with van der Waals surface area (Å²) >= 11 is 0. The summed E-state index contributed by atoms with van der Waals surface area (Å²) in [5.41, 5.74) is 2.48. The maximum atomic E-state index is 12.0. The van der Waals surface area contributed by atoms with E-state index in [1.165, 1.54) is 18.2 Å². The predicted octanol–water partition coefficient (Wildman–Crippen LogP) is 2.65. The standard InChI is InChI=1S/C17H23NO4/c1-20-15-7-6-11-10-14-12(9-13(11)16(15)21-2)5-4-8-18(14)17(19)22-3/h6-7,12,14H,4-5,8-10H2,1-3H3/t12-,14-/m0/s1. The third-order valence-corrected chi connectivity index (χ3v) is 4.97. The molecule has 1 fully saturated rings. The molecule has 0 unspecified atom stereocenters. The first-order valence-corrected chi connectivity index (χ1v) is 7.77. The summed E-state index contributed by atoms with van der Waals surface area (Å²) in [7, 11) is 4.80. The number of piperidine rings is 1. The van der Waals surface area contributed by atoms with Gasteiger partial charge in [0, 0.05) is 18.2 Å². The number of carbonyl (C=O) groups excluding carboxylic acids is 1. The molecule has 1 aliphatic heterocycles. The molecule has 0 spiro atoms. The monoisotopic (exact) mass is 305 g/mol. The molecule has 1 aromatic rings. The molecule has 22 heavy (non-hydrogen) atoms. The number of hydrogen-bond acceptors (Lipinski definition) is 4. The van der Waals surface area contributed by atoms with Crippen molar-refractivity contribution in [3.8, 4) is 11.5 Å². The molecule has 1 aromatic carbocycles. The molecule has 1 saturated heterocycles. The van der Waals surface area contributed by atoms with Crippen molar-refractivity contribution < 1.29 is 19.0 Å². The second kappa shape index (κ2) is 6.07. The average Bonchev–Trinajstić information content (AvgIpc) is 2.57. The van der Waals surface area contributed by atoms with Crippen LogP contribution in [0.25, 0.3) is 0 Å². The van der Waals surface area contributed by atoms with Crippen LogP contribution < -0.4 is 9.47 Å². The molecule has 5 heteroatoms. The predicted molar refractivity (Wildman–Crippen MR) is 82.6 cm³/mol. The zero-order chi connectivity index (χ0) is 15.7. The Labute approximate surface area is 131 Å². The van der Waals surface area contributed by atoms with Gasteiger partial charge in [-0.15, -0.1) is 0 Å². The van der Waals surface area contributed by atoms with Crippen molar-refractivity contribution in [2.75, 3.05) is 27.9 Å². The van der Waals surface area contributed by atoms with Gasteiger partial charge >= 0.3 is 6.09 Å². The number of rotatable bonds is 2. The highest BCUT2D eigenvalue weighted by Gasteiger charge is 2.39. The summed E-state index contributed by atoms with van der Waals surface area (Å²) in [5, 5.41) is 0. The lowest BCUT2D eigenvalue weighted by Gasteiger charge is -2.44. The first-order valence-electron chi connectivity index (χ1n) is 7.77. The highest BCUT2D eigenvalue weighted by Crippen LogP contribution is 2.42. The van der Waals surface area contributed by atoms with Gasteiger partial charge in [0.25, 0.3) is 0 Å². The van der Waals surface area contributed by atoms with Crippen molar-refractivity contribution in [1.29, 1.82) is 0 Å². The first-order chi connectivity index (χ1) is 10.7. The zero-order valence-corrected chi connectivity index (χ0v) is 13.4. The third-order valence-electron chi connectivity index (χ3n) is 4.97. The Bertz CT molecular complexity index is 572. The second-order valence-electron chi connectivity index (χ2n) is 5.98. The van der Waals surface area contributed by atoms with E-state index in [1.807, 2.05) is 11.0 Å². The lowest BCUT2D eigenvalue weighted by atomic mass is 9.75. The van der Waals surface area contributed by atoms with Gasteiger partial charge in [-0.25, -0.2) is 4.79 Å². The highest BCUT2D eigenvalue weighted by atomic mass is 16.5. The van der Waals surface area contributed by atoms with Gasteiger partial charge < -0.3 is 19.1 Å². The average molecular weight is 305 g/mol. The normalized spacial score (nSPS) is 23.3. The van der Waals surface area contributed by atoms with E-state index in [0.717, 1.165) is 43.7 Å². The van der Waals surface area contributed by atoms with Crippen molar-refractivity contribution in [1.82, 2.24) is 4.90 Å². The van der Waals surface area contributed by atoms with Crippen molar-refractivity contribution in [2.24, 2.45) is 5.92 Å². The van der Waals surface area contributed by atoms with Crippen LogP contribution in [0.1, 0.15) is 24.0 Å². The lowest BCUT2D eigenvalue weighted by molar-refractivity contribution is 0.0615. The van der Waals surface area contributed by atoms with E-state index in [9.17, 15) is 4.79 Å². The van der Waals surface area contributed by atoms with Gasteiger partial charge in [0.05, 0.1) is 21.3 Å². The third kappa shape index (κ3) is 2.38. The Balaban J connectivity index is 1.95. The number of fused-ring (bicyclic) bond motifs is 2. The Kier molecular flexibility index (Phi) is 4.14. The van der Waals surface area contributed by atoms with Crippen molar-refractivity contribution in [2.45, 2.75) is 31.7 Å². The number of hydrogen-bond donors (Lipinski definition) is 0. The summed E-state index contributed by atoms with van der Waals surface area (Å²) in [6, 6.07) is 4.27. The van der Waals surface area contributed by atoms with E-state index < -0.39 is 0 Å². The van der Waals surface area contributed by atoms with Crippen molar-refractivity contribution >= 4 is 6.09 Å². The molecule has 0 N–H and O–H groups in total. The molecule has 0 saturated carbocycles. The van der Waals surface area contributed by atoms with E-state index in [0.29, 0.717) is 5.92 Å². The molecule has 0 bridgehead atoms. The van der Waals surface area contributed by atoms with Crippen LogP contribution in [-0.2, 0) is 17.6 Å². The quantitative estimate of drug-likeness (QED) is 0.843. The molecular formula is C17H23NO4. The van der Waals surface area contributed by atoms with Crippen molar-refractivity contribution in [3.05, 3.63) is 23.3 Å². The lowest BCUT2D eigenvalue weighted by Crippen LogP contribution is -2.51. The van der Waals surface area contributed by atoms with Gasteiger partial charge in [-0.2, -0.15) is 0 Å². The minimum Gasteiger partial charge on any atom is -0.493 e. The van der Waals surface area contributed by atoms with E-state index in [-0.39, 0.29) is 12.1 Å². The Morgan fingerprint density at radius 2 is 2.00 bits per heavy atom. The Morgan fingerprint density at radius 3 is 2.68 bits per heavy atom. The summed E-state index contributed by atoms with van der Waals surface area (Å²) in [6.45, 7) is 0.788. The van der Waals surface area contributed by atoms with Gasteiger partial charge in [-0.1, -0.05) is 6.07 Å². The Hall–Kier alpha value is -1.91. The van der Waals surface area contributed by atoms with Crippen LogP contribution >= 0.6 is 0 Å². The SMILES string of the molecule is COC(=O)N1CCC[C@H]2Cc3c(ccc(OC)c3OC)C[C@@H]21. The summed E-state index contributed by atoms with van der Waals surface area (Å²) in [5.74, 6) is 2.08. The van der Waals surface area contributed by atoms with E-state index >= 15 is 0 Å². The van der Waals surface area contributed by atoms with Crippen LogP contribution in [0, 0.1) is 5.92 Å². The summed E-state index contributed by atoms with van der Waals surface area (Å²) < 4.78 is 15.9. The molecule has 2 aliphatic rings. The molecule has 120 valence electrons. The summed E-state index contributed by atoms with van der Waals surface area (Å²) in [4.78, 5) is 13.9. The number of ether oxygens (including phenoxy) is 3. The molecule has 1 heterocycles. The largest absolute Gasteiger partial charge is 0.493 e. The number of carbonyl (C=O) groups is 1. The van der Waals surface area contributed by atoms with Gasteiger partial charge in [0.2, 0.25) is 0 Å². The number of likely N-dealkylation sites (tertiary alicyclic amines) is 1. The van der Waals surface area contributed by atoms with Crippen LogP contribution in [-0.4, -0.2) is 44.9 Å². The molecule has 5 nitrogen and oxygen atoms in total. The molecule has 0 aromatic heterocycles. The van der Waals surface area contributed by atoms with E-state index in [2.05, 4.69) is 6.07 Å². The number of benzene rings is 1. The molecule has 2 atom stereocenters. The molecule has 3 rings (SSSR count). The fourth-order valence-electron chi connectivity index (χ4n) is 3.93. The number of amides is 1.